The Morgan fingerprint density at radius 2 is 2.14 bits per heavy atom. The Bertz CT molecular complexity index is 1360. The van der Waals surface area contributed by atoms with Crippen molar-refractivity contribution in [3.63, 3.8) is 0 Å². The lowest BCUT2D eigenvalue weighted by Crippen LogP contribution is -2.26. The Kier molecular flexibility index (Phi) is 5.03. The summed E-state index contributed by atoms with van der Waals surface area (Å²) in [7, 11) is 0. The van der Waals surface area contributed by atoms with Gasteiger partial charge >= 0.3 is 0 Å². The third kappa shape index (κ3) is 3.82. The van der Waals surface area contributed by atoms with E-state index in [-0.39, 0.29) is 45.9 Å². The average Bonchev–Trinajstić information content (AvgIpc) is 3.37. The molecular formula is C26H31N5O4. The number of amides is 1. The highest BCUT2D eigenvalue weighted by atomic mass is 16.5. The fourth-order valence-corrected chi connectivity index (χ4v) is 5.36. The molecule has 1 saturated heterocycles. The number of anilines is 1. The van der Waals surface area contributed by atoms with Gasteiger partial charge in [-0.2, -0.15) is 4.98 Å². The van der Waals surface area contributed by atoms with Crippen LogP contribution in [-0.4, -0.2) is 43.2 Å². The number of fused-ring (bicyclic) bond motifs is 3. The van der Waals surface area contributed by atoms with Gasteiger partial charge in [0.05, 0.1) is 24.0 Å². The molecule has 0 radical (unpaired) electrons. The summed E-state index contributed by atoms with van der Waals surface area (Å²) in [6.45, 7) is 6.76. The van der Waals surface area contributed by atoms with E-state index in [0.717, 1.165) is 44.2 Å². The summed E-state index contributed by atoms with van der Waals surface area (Å²) in [5.74, 6) is 0.270. The van der Waals surface area contributed by atoms with Gasteiger partial charge in [0.15, 0.2) is 0 Å². The largest absolute Gasteiger partial charge is 0.474 e. The molecule has 3 fully saturated rings. The first-order valence-corrected chi connectivity index (χ1v) is 12.5. The molecular weight excluding hydrogens is 446 g/mol. The topological polar surface area (TPSA) is 99.8 Å². The molecule has 4 heterocycles. The van der Waals surface area contributed by atoms with Crippen LogP contribution in [0, 0.1) is 0 Å². The summed E-state index contributed by atoms with van der Waals surface area (Å²) in [6.07, 6.45) is 11.0. The number of imidazole rings is 1. The molecule has 1 amide bonds. The van der Waals surface area contributed by atoms with Crippen LogP contribution in [0.15, 0.2) is 35.5 Å². The van der Waals surface area contributed by atoms with Crippen LogP contribution in [-0.2, 0) is 10.2 Å². The molecule has 2 saturated carbocycles. The van der Waals surface area contributed by atoms with Crippen LogP contribution in [0.2, 0.25) is 0 Å². The second kappa shape index (κ2) is 7.91. The summed E-state index contributed by atoms with van der Waals surface area (Å²) in [5.41, 5.74) is 1.06. The highest BCUT2D eigenvalue weighted by Gasteiger charge is 2.55. The van der Waals surface area contributed by atoms with Gasteiger partial charge < -0.3 is 19.4 Å². The minimum absolute atomic E-state index is 0.0812. The van der Waals surface area contributed by atoms with Crippen LogP contribution in [0.4, 0.5) is 5.69 Å². The first kappa shape index (κ1) is 22.3. The number of nitrogens with one attached hydrogen (secondary N) is 1. The van der Waals surface area contributed by atoms with Crippen molar-refractivity contribution in [3.8, 4) is 5.88 Å². The smallest absolute Gasteiger partial charge is 0.274 e. The van der Waals surface area contributed by atoms with Crippen molar-refractivity contribution < 1.29 is 14.3 Å². The van der Waals surface area contributed by atoms with Crippen molar-refractivity contribution in [2.45, 2.75) is 82.5 Å². The van der Waals surface area contributed by atoms with Gasteiger partial charge in [-0.25, -0.2) is 4.98 Å². The first-order chi connectivity index (χ1) is 16.8. The van der Waals surface area contributed by atoms with Crippen molar-refractivity contribution >= 4 is 17.4 Å². The van der Waals surface area contributed by atoms with Crippen LogP contribution in [0.25, 0.3) is 5.78 Å². The van der Waals surface area contributed by atoms with Crippen molar-refractivity contribution in [2.24, 2.45) is 0 Å². The fourth-order valence-electron chi connectivity index (χ4n) is 5.36. The SMILES string of the molecule is CC[C@@H](C)Oc1nc2nc([C@@]34CC[C@@](C)(C3)OC4)cn2cc1C(=O)Nc1cccn(C2CC2)c1=O. The summed E-state index contributed by atoms with van der Waals surface area (Å²) in [5, 5.41) is 2.79. The lowest BCUT2D eigenvalue weighted by molar-refractivity contribution is -0.00627. The maximum Gasteiger partial charge on any atom is 0.274 e. The molecule has 3 aliphatic rings. The third-order valence-corrected chi connectivity index (χ3v) is 7.79. The highest BCUT2D eigenvalue weighted by Crippen LogP contribution is 2.53. The Hall–Kier alpha value is -3.20. The van der Waals surface area contributed by atoms with Gasteiger partial charge in [-0.1, -0.05) is 6.92 Å². The molecule has 3 aromatic heterocycles. The van der Waals surface area contributed by atoms with E-state index in [1.54, 1.807) is 33.5 Å². The predicted octanol–water partition coefficient (Wildman–Crippen LogP) is 3.87. The number of aromatic nitrogens is 4. The predicted molar refractivity (Wildman–Crippen MR) is 130 cm³/mol. The van der Waals surface area contributed by atoms with Crippen molar-refractivity contribution in [2.75, 3.05) is 11.9 Å². The lowest BCUT2D eigenvalue weighted by Gasteiger charge is -2.24. The summed E-state index contributed by atoms with van der Waals surface area (Å²) in [6, 6.07) is 3.64. The highest BCUT2D eigenvalue weighted by molar-refractivity contribution is 6.05. The minimum atomic E-state index is -0.436. The Morgan fingerprint density at radius 1 is 1.31 bits per heavy atom. The Balaban J connectivity index is 1.37. The zero-order valence-corrected chi connectivity index (χ0v) is 20.4. The minimum Gasteiger partial charge on any atom is -0.474 e. The van der Waals surface area contributed by atoms with E-state index in [9.17, 15) is 9.59 Å². The molecule has 35 heavy (non-hydrogen) atoms. The average molecular weight is 478 g/mol. The van der Waals surface area contributed by atoms with Gasteiger partial charge in [-0.05, 0) is 64.5 Å². The van der Waals surface area contributed by atoms with Crippen LogP contribution in [0.1, 0.15) is 81.4 Å². The van der Waals surface area contributed by atoms with Crippen LogP contribution >= 0.6 is 0 Å². The Labute approximate surface area is 203 Å². The first-order valence-electron chi connectivity index (χ1n) is 12.5. The molecule has 3 aromatic rings. The van der Waals surface area contributed by atoms with E-state index >= 15 is 0 Å². The molecule has 2 bridgehead atoms. The molecule has 2 aliphatic carbocycles. The third-order valence-electron chi connectivity index (χ3n) is 7.79. The second-order valence-corrected chi connectivity index (χ2v) is 10.6. The zero-order valence-electron chi connectivity index (χ0n) is 20.4. The molecule has 9 nitrogen and oxygen atoms in total. The van der Waals surface area contributed by atoms with Gasteiger partial charge in [-0.3, -0.25) is 14.0 Å². The summed E-state index contributed by atoms with van der Waals surface area (Å²) < 4.78 is 15.6. The van der Waals surface area contributed by atoms with E-state index in [2.05, 4.69) is 17.2 Å². The number of nitrogens with zero attached hydrogens (tertiary/aromatic N) is 4. The Morgan fingerprint density at radius 3 is 2.80 bits per heavy atom. The quantitative estimate of drug-likeness (QED) is 0.555. The number of carbonyl (C=O) groups excluding carboxylic acids is 1. The molecule has 3 atom stereocenters. The van der Waals surface area contributed by atoms with E-state index in [0.29, 0.717) is 12.4 Å². The number of rotatable bonds is 7. The molecule has 1 N–H and O–H groups in total. The van der Waals surface area contributed by atoms with Gasteiger partial charge in [0.1, 0.15) is 11.3 Å². The van der Waals surface area contributed by atoms with E-state index < -0.39 is 5.91 Å². The number of hydrogen-bond donors (Lipinski definition) is 1. The number of ether oxygens (including phenoxy) is 2. The molecule has 0 aromatic carbocycles. The van der Waals surface area contributed by atoms with Crippen LogP contribution < -0.4 is 15.6 Å². The number of pyridine rings is 1. The molecule has 9 heteroatoms. The van der Waals surface area contributed by atoms with Gasteiger partial charge in [-0.15, -0.1) is 0 Å². The lowest BCUT2D eigenvalue weighted by atomic mass is 9.84. The molecule has 184 valence electrons. The van der Waals surface area contributed by atoms with E-state index in [1.165, 1.54) is 0 Å². The molecule has 0 spiro atoms. The number of carbonyl (C=O) groups is 1. The summed E-state index contributed by atoms with van der Waals surface area (Å²) >= 11 is 0. The molecule has 1 aliphatic heterocycles. The van der Waals surface area contributed by atoms with Crippen molar-refractivity contribution in [3.05, 3.63) is 52.3 Å². The van der Waals surface area contributed by atoms with Crippen molar-refractivity contribution in [1.29, 1.82) is 0 Å². The van der Waals surface area contributed by atoms with Crippen LogP contribution in [0.5, 0.6) is 5.88 Å². The number of hydrogen-bond acceptors (Lipinski definition) is 6. The van der Waals surface area contributed by atoms with Gasteiger partial charge in [0, 0.05) is 30.0 Å². The van der Waals surface area contributed by atoms with Crippen molar-refractivity contribution in [1.82, 2.24) is 18.9 Å². The van der Waals surface area contributed by atoms with E-state index in [4.69, 9.17) is 14.5 Å². The molecule has 0 unspecified atom stereocenters. The monoisotopic (exact) mass is 477 g/mol. The van der Waals surface area contributed by atoms with E-state index in [1.807, 2.05) is 20.0 Å². The van der Waals surface area contributed by atoms with Gasteiger partial charge in [0.2, 0.25) is 11.7 Å². The maximum atomic E-state index is 13.4. The van der Waals surface area contributed by atoms with Gasteiger partial charge in [0.25, 0.3) is 11.5 Å². The summed E-state index contributed by atoms with van der Waals surface area (Å²) in [4.78, 5) is 35.7. The standard InChI is InChI=1S/C26H31N5O4/c1-4-16(2)35-22-18(21(32)27-19-6-5-11-31(23(19)33)17-7-8-17)12-30-13-20(28-24(30)29-22)26-10-9-25(3,14-26)34-15-26/h5-6,11-13,16-17H,4,7-10,14-15H2,1-3H3,(H,27,32)/t16-,25+,26+/m1/s1. The molecule has 6 rings (SSSR count). The van der Waals surface area contributed by atoms with Crippen LogP contribution in [0.3, 0.4) is 0 Å². The zero-order chi connectivity index (χ0) is 24.4. The second-order valence-electron chi connectivity index (χ2n) is 10.6. The fraction of sp³-hybridized carbons (Fsp3) is 0.538. The maximum absolute atomic E-state index is 13.4. The normalized spacial score (nSPS) is 26.3.